The van der Waals surface area contributed by atoms with Crippen molar-refractivity contribution in [3.05, 3.63) is 50.0 Å². The first-order valence-electron chi connectivity index (χ1n) is 5.15. The molecular formula is C12H8Br2ClN3O. The molecule has 4 nitrogen and oxygen atoms in total. The molecule has 1 aromatic heterocycles. The fraction of sp³-hybridized carbons (Fsp3) is 0. The lowest BCUT2D eigenvalue weighted by molar-refractivity contribution is 0.102. The van der Waals surface area contributed by atoms with Gasteiger partial charge >= 0.3 is 0 Å². The first-order valence-corrected chi connectivity index (χ1v) is 7.11. The van der Waals surface area contributed by atoms with Crippen LogP contribution in [-0.2, 0) is 0 Å². The molecule has 0 atom stereocenters. The summed E-state index contributed by atoms with van der Waals surface area (Å²) >= 11 is 12.5. The molecule has 0 bridgehead atoms. The Morgan fingerprint density at radius 1 is 1.26 bits per heavy atom. The van der Waals surface area contributed by atoms with Crippen molar-refractivity contribution in [2.75, 3.05) is 11.1 Å². The molecule has 0 saturated heterocycles. The van der Waals surface area contributed by atoms with Crippen LogP contribution in [-0.4, -0.2) is 10.9 Å². The Morgan fingerprint density at radius 2 is 2.00 bits per heavy atom. The van der Waals surface area contributed by atoms with Gasteiger partial charge in [-0.1, -0.05) is 27.5 Å². The van der Waals surface area contributed by atoms with Crippen molar-refractivity contribution in [3.63, 3.8) is 0 Å². The average Bonchev–Trinajstić information content (AvgIpc) is 2.32. The Balaban J connectivity index is 2.28. The lowest BCUT2D eigenvalue weighted by Crippen LogP contribution is -2.13. The zero-order valence-electron chi connectivity index (χ0n) is 9.45. The first-order chi connectivity index (χ1) is 8.95. The molecule has 0 spiro atoms. The molecule has 0 radical (unpaired) electrons. The van der Waals surface area contributed by atoms with Crippen molar-refractivity contribution < 1.29 is 4.79 Å². The first kappa shape index (κ1) is 14.3. The number of anilines is 2. The van der Waals surface area contributed by atoms with E-state index in [1.54, 1.807) is 6.07 Å². The maximum Gasteiger partial charge on any atom is 0.255 e. The van der Waals surface area contributed by atoms with E-state index in [4.69, 9.17) is 17.3 Å². The van der Waals surface area contributed by atoms with Crippen LogP contribution >= 0.6 is 43.5 Å². The molecule has 0 unspecified atom stereocenters. The van der Waals surface area contributed by atoms with E-state index in [9.17, 15) is 4.79 Å². The number of hydrogen-bond donors (Lipinski definition) is 2. The minimum absolute atomic E-state index is 0.179. The van der Waals surface area contributed by atoms with Gasteiger partial charge in [0, 0.05) is 14.5 Å². The topological polar surface area (TPSA) is 68.0 Å². The van der Waals surface area contributed by atoms with Crippen LogP contribution in [0.2, 0.25) is 5.15 Å². The van der Waals surface area contributed by atoms with Crippen molar-refractivity contribution in [1.29, 1.82) is 0 Å². The van der Waals surface area contributed by atoms with Gasteiger partial charge in [0.15, 0.2) is 0 Å². The van der Waals surface area contributed by atoms with Gasteiger partial charge in [-0.05, 0) is 46.3 Å². The van der Waals surface area contributed by atoms with E-state index in [0.717, 1.165) is 8.95 Å². The van der Waals surface area contributed by atoms with E-state index >= 15 is 0 Å². The maximum atomic E-state index is 12.1. The van der Waals surface area contributed by atoms with Gasteiger partial charge in [-0.25, -0.2) is 4.98 Å². The summed E-state index contributed by atoms with van der Waals surface area (Å²) in [4.78, 5) is 15.9. The van der Waals surface area contributed by atoms with Crippen LogP contribution in [0.4, 0.5) is 11.5 Å². The number of nitrogens with one attached hydrogen (secondary N) is 1. The van der Waals surface area contributed by atoms with Crippen LogP contribution in [0, 0.1) is 0 Å². The number of nitrogens with two attached hydrogens (primary N) is 1. The van der Waals surface area contributed by atoms with E-state index in [0.29, 0.717) is 11.3 Å². The van der Waals surface area contributed by atoms with Crippen LogP contribution in [0.3, 0.4) is 0 Å². The summed E-state index contributed by atoms with van der Waals surface area (Å²) in [6, 6.07) is 8.40. The van der Waals surface area contributed by atoms with Gasteiger partial charge in [-0.15, -0.1) is 0 Å². The van der Waals surface area contributed by atoms with Gasteiger partial charge in [0.25, 0.3) is 5.91 Å². The van der Waals surface area contributed by atoms with E-state index in [-0.39, 0.29) is 16.9 Å². The second kappa shape index (κ2) is 5.90. The number of carbonyl (C=O) groups excluding carboxylic acids is 1. The highest BCUT2D eigenvalue weighted by Gasteiger charge is 2.10. The summed E-state index contributed by atoms with van der Waals surface area (Å²) in [5.41, 5.74) is 6.55. The number of nitrogens with zero attached hydrogens (tertiary/aromatic N) is 1. The number of carbonyl (C=O) groups is 1. The molecule has 0 saturated carbocycles. The quantitative estimate of drug-likeness (QED) is 0.740. The van der Waals surface area contributed by atoms with Gasteiger partial charge in [-0.3, -0.25) is 4.79 Å². The number of nitrogen functional groups attached to an aromatic ring is 1. The predicted octanol–water partition coefficient (Wildman–Crippen LogP) is 4.09. The molecule has 3 N–H and O–H groups in total. The number of rotatable bonds is 2. The maximum absolute atomic E-state index is 12.1. The van der Waals surface area contributed by atoms with E-state index in [1.807, 2.05) is 12.1 Å². The highest BCUT2D eigenvalue weighted by atomic mass is 79.9. The third-order valence-corrected chi connectivity index (χ3v) is 3.63. The molecular weight excluding hydrogens is 397 g/mol. The molecule has 1 aromatic carbocycles. The number of halogens is 3. The fourth-order valence-electron chi connectivity index (χ4n) is 1.44. The Bertz CT molecular complexity index is 629. The van der Waals surface area contributed by atoms with E-state index in [2.05, 4.69) is 42.2 Å². The molecule has 2 rings (SSSR count). The largest absolute Gasteiger partial charge is 0.384 e. The summed E-state index contributed by atoms with van der Waals surface area (Å²) in [6.07, 6.45) is 0. The molecule has 0 aliphatic heterocycles. The van der Waals surface area contributed by atoms with Gasteiger partial charge in [0.2, 0.25) is 0 Å². The fourth-order valence-corrected chi connectivity index (χ4v) is 2.36. The monoisotopic (exact) mass is 403 g/mol. The van der Waals surface area contributed by atoms with Crippen molar-refractivity contribution in [2.24, 2.45) is 0 Å². The third-order valence-electron chi connectivity index (χ3n) is 2.25. The van der Waals surface area contributed by atoms with Crippen molar-refractivity contribution in [2.45, 2.75) is 0 Å². The van der Waals surface area contributed by atoms with Crippen molar-refractivity contribution >= 4 is 60.9 Å². The van der Waals surface area contributed by atoms with Gasteiger partial charge in [0.1, 0.15) is 11.0 Å². The van der Waals surface area contributed by atoms with Gasteiger partial charge in [-0.2, -0.15) is 0 Å². The molecule has 98 valence electrons. The summed E-state index contributed by atoms with van der Waals surface area (Å²) in [6.45, 7) is 0. The zero-order valence-corrected chi connectivity index (χ0v) is 13.4. The molecule has 1 heterocycles. The minimum Gasteiger partial charge on any atom is -0.384 e. The zero-order chi connectivity index (χ0) is 14.0. The average molecular weight is 405 g/mol. The SMILES string of the molecule is Nc1cc(C(=O)Nc2cc(Br)ccc2Br)cc(Cl)n1. The Labute approximate surface area is 131 Å². The summed E-state index contributed by atoms with van der Waals surface area (Å²) in [7, 11) is 0. The predicted molar refractivity (Wildman–Crippen MR) is 83.5 cm³/mol. The highest BCUT2D eigenvalue weighted by molar-refractivity contribution is 9.11. The van der Waals surface area contributed by atoms with Crippen LogP contribution < -0.4 is 11.1 Å². The van der Waals surface area contributed by atoms with E-state index < -0.39 is 0 Å². The third kappa shape index (κ3) is 3.68. The van der Waals surface area contributed by atoms with E-state index in [1.165, 1.54) is 12.1 Å². The smallest absolute Gasteiger partial charge is 0.255 e. The highest BCUT2D eigenvalue weighted by Crippen LogP contribution is 2.26. The summed E-state index contributed by atoms with van der Waals surface area (Å²) < 4.78 is 1.63. The lowest BCUT2D eigenvalue weighted by atomic mass is 10.2. The van der Waals surface area contributed by atoms with Crippen molar-refractivity contribution in [3.8, 4) is 0 Å². The molecule has 7 heteroatoms. The lowest BCUT2D eigenvalue weighted by Gasteiger charge is -2.08. The number of pyridine rings is 1. The van der Waals surface area contributed by atoms with Gasteiger partial charge in [0.05, 0.1) is 5.69 Å². The van der Waals surface area contributed by atoms with Crippen LogP contribution in [0.1, 0.15) is 10.4 Å². The van der Waals surface area contributed by atoms with Crippen LogP contribution in [0.15, 0.2) is 39.3 Å². The Kier molecular flexibility index (Phi) is 4.44. The second-order valence-corrected chi connectivity index (χ2v) is 5.84. The second-order valence-electron chi connectivity index (χ2n) is 3.68. The Morgan fingerprint density at radius 3 is 2.68 bits per heavy atom. The minimum atomic E-state index is -0.310. The number of hydrogen-bond acceptors (Lipinski definition) is 3. The Hall–Kier alpha value is -1.11. The van der Waals surface area contributed by atoms with Crippen LogP contribution in [0.25, 0.3) is 0 Å². The molecule has 19 heavy (non-hydrogen) atoms. The normalized spacial score (nSPS) is 10.3. The molecule has 0 aliphatic rings. The summed E-state index contributed by atoms with van der Waals surface area (Å²) in [5.74, 6) is -0.110. The number of benzene rings is 1. The van der Waals surface area contributed by atoms with Crippen LogP contribution in [0.5, 0.6) is 0 Å². The summed E-state index contributed by atoms with van der Waals surface area (Å²) in [5, 5.41) is 2.94. The molecule has 0 fully saturated rings. The molecule has 0 aliphatic carbocycles. The molecule has 1 amide bonds. The standard InChI is InChI=1S/C12H8Br2ClN3O/c13-7-1-2-8(14)9(5-7)17-12(19)6-3-10(15)18-11(16)4-6/h1-5H,(H2,16,18)(H,17,19). The van der Waals surface area contributed by atoms with Gasteiger partial charge < -0.3 is 11.1 Å². The van der Waals surface area contributed by atoms with Crippen molar-refractivity contribution in [1.82, 2.24) is 4.98 Å². The number of amides is 1. The number of aromatic nitrogens is 1. The molecule has 2 aromatic rings.